The summed E-state index contributed by atoms with van der Waals surface area (Å²) in [4.78, 5) is 18.7. The van der Waals surface area contributed by atoms with Gasteiger partial charge in [0, 0.05) is 25.7 Å². The van der Waals surface area contributed by atoms with Crippen LogP contribution in [0.2, 0.25) is 0 Å². The third-order valence-corrected chi connectivity index (χ3v) is 4.12. The number of benzene rings is 1. The van der Waals surface area contributed by atoms with Crippen molar-refractivity contribution in [1.29, 1.82) is 0 Å². The summed E-state index contributed by atoms with van der Waals surface area (Å²) in [6.07, 6.45) is 3.33. The number of hydrogen-bond acceptors (Lipinski definition) is 2. The minimum Gasteiger partial charge on any atom is -0.357 e. The lowest BCUT2D eigenvalue weighted by Crippen LogP contribution is -2.41. The summed E-state index contributed by atoms with van der Waals surface area (Å²) < 4.78 is 0. The van der Waals surface area contributed by atoms with Gasteiger partial charge in [-0.1, -0.05) is 24.3 Å². The van der Waals surface area contributed by atoms with Crippen LogP contribution in [0.3, 0.4) is 0 Å². The Bertz CT molecular complexity index is 571. The van der Waals surface area contributed by atoms with Gasteiger partial charge in [-0.15, -0.1) is 24.0 Å². The van der Waals surface area contributed by atoms with E-state index >= 15 is 0 Å². The number of carbonyl (C=O) groups excluding carboxylic acids is 1. The van der Waals surface area contributed by atoms with E-state index in [1.807, 2.05) is 17.9 Å². The molecule has 0 bridgehead atoms. The second-order valence-electron chi connectivity index (χ2n) is 5.95. The van der Waals surface area contributed by atoms with E-state index in [4.69, 9.17) is 0 Å². The minimum atomic E-state index is 0. The van der Waals surface area contributed by atoms with Crippen molar-refractivity contribution in [3.63, 3.8) is 0 Å². The van der Waals surface area contributed by atoms with Gasteiger partial charge in [0.1, 0.15) is 6.54 Å². The molecule has 0 aromatic heterocycles. The molecular formula is C17H25IN4O. The molecule has 0 spiro atoms. The highest BCUT2D eigenvalue weighted by Crippen LogP contribution is 2.19. The van der Waals surface area contributed by atoms with Crippen molar-refractivity contribution in [2.45, 2.75) is 38.8 Å². The highest BCUT2D eigenvalue weighted by atomic mass is 127. The van der Waals surface area contributed by atoms with Gasteiger partial charge in [0.15, 0.2) is 5.96 Å². The Balaban J connectivity index is 0.00000192. The second kappa shape index (κ2) is 8.52. The molecule has 1 aliphatic carbocycles. The fourth-order valence-electron chi connectivity index (χ4n) is 2.70. The molecule has 2 N–H and O–H groups in total. The van der Waals surface area contributed by atoms with Gasteiger partial charge in [-0.3, -0.25) is 4.79 Å². The first-order valence-electron chi connectivity index (χ1n) is 8.15. The molecule has 1 aliphatic heterocycles. The molecular weight excluding hydrogens is 403 g/mol. The topological polar surface area (TPSA) is 56.7 Å². The molecule has 3 rings (SSSR count). The van der Waals surface area contributed by atoms with Crippen molar-refractivity contribution in [3.8, 4) is 0 Å². The third-order valence-electron chi connectivity index (χ3n) is 4.12. The van der Waals surface area contributed by atoms with Crippen LogP contribution in [0.4, 0.5) is 0 Å². The predicted octanol–water partition coefficient (Wildman–Crippen LogP) is 1.91. The standard InChI is InChI=1S/C17H24N4O.HI/c1-2-18-17(20-15-7-8-15)19-11-16(22)21-10-9-13-5-3-4-6-14(13)12-21;/h3-6,15H,2,7-12H2,1H3,(H2,18,19,20);1H. The van der Waals surface area contributed by atoms with Gasteiger partial charge in [0.2, 0.25) is 5.91 Å². The summed E-state index contributed by atoms with van der Waals surface area (Å²) in [7, 11) is 0. The molecule has 0 radical (unpaired) electrons. The lowest BCUT2D eigenvalue weighted by molar-refractivity contribution is -0.130. The van der Waals surface area contributed by atoms with E-state index in [1.54, 1.807) is 0 Å². The van der Waals surface area contributed by atoms with Crippen molar-refractivity contribution in [2.24, 2.45) is 4.99 Å². The van der Waals surface area contributed by atoms with E-state index in [0.29, 0.717) is 12.6 Å². The number of halogens is 1. The molecule has 1 saturated carbocycles. The normalized spacial score (nSPS) is 17.1. The summed E-state index contributed by atoms with van der Waals surface area (Å²) in [5.41, 5.74) is 2.62. The number of nitrogens with zero attached hydrogens (tertiary/aromatic N) is 2. The summed E-state index contributed by atoms with van der Waals surface area (Å²) in [6, 6.07) is 8.89. The molecule has 6 heteroatoms. The van der Waals surface area contributed by atoms with Crippen molar-refractivity contribution in [3.05, 3.63) is 35.4 Å². The number of rotatable bonds is 4. The Morgan fingerprint density at radius 1 is 1.30 bits per heavy atom. The van der Waals surface area contributed by atoms with Crippen molar-refractivity contribution in [1.82, 2.24) is 15.5 Å². The Morgan fingerprint density at radius 2 is 2.04 bits per heavy atom. The first-order chi connectivity index (χ1) is 10.8. The Labute approximate surface area is 154 Å². The van der Waals surface area contributed by atoms with E-state index in [0.717, 1.165) is 25.5 Å². The van der Waals surface area contributed by atoms with Crippen LogP contribution in [-0.2, 0) is 17.8 Å². The van der Waals surface area contributed by atoms with Crippen LogP contribution in [0.25, 0.3) is 0 Å². The van der Waals surface area contributed by atoms with Gasteiger partial charge in [-0.05, 0) is 37.3 Å². The SMILES string of the molecule is CCNC(=NCC(=O)N1CCc2ccccc2C1)NC1CC1.I. The number of amides is 1. The number of hydrogen-bond donors (Lipinski definition) is 2. The zero-order chi connectivity index (χ0) is 15.4. The summed E-state index contributed by atoms with van der Waals surface area (Å²) in [5.74, 6) is 0.860. The maximum Gasteiger partial charge on any atom is 0.244 e. The van der Waals surface area contributed by atoms with Crippen LogP contribution in [0, 0.1) is 0 Å². The highest BCUT2D eigenvalue weighted by molar-refractivity contribution is 14.0. The maximum atomic E-state index is 12.4. The van der Waals surface area contributed by atoms with Crippen LogP contribution < -0.4 is 10.6 Å². The minimum absolute atomic E-state index is 0. The lowest BCUT2D eigenvalue weighted by atomic mass is 10.00. The Hall–Kier alpha value is -1.31. The summed E-state index contributed by atoms with van der Waals surface area (Å²) in [6.45, 7) is 4.55. The largest absolute Gasteiger partial charge is 0.357 e. The number of fused-ring (bicyclic) bond motifs is 1. The van der Waals surface area contributed by atoms with Gasteiger partial charge >= 0.3 is 0 Å². The molecule has 2 aliphatic rings. The summed E-state index contributed by atoms with van der Waals surface area (Å²) >= 11 is 0. The van der Waals surface area contributed by atoms with Crippen molar-refractivity contribution < 1.29 is 4.79 Å². The Kier molecular flexibility index (Phi) is 6.68. The van der Waals surface area contributed by atoms with Crippen molar-refractivity contribution >= 4 is 35.8 Å². The predicted molar refractivity (Wildman–Crippen MR) is 103 cm³/mol. The molecule has 126 valence electrons. The molecule has 0 atom stereocenters. The molecule has 23 heavy (non-hydrogen) atoms. The van der Waals surface area contributed by atoms with Crippen LogP contribution in [-0.4, -0.2) is 42.4 Å². The van der Waals surface area contributed by atoms with Crippen LogP contribution in [0.1, 0.15) is 30.9 Å². The van der Waals surface area contributed by atoms with E-state index < -0.39 is 0 Å². The lowest BCUT2D eigenvalue weighted by Gasteiger charge is -2.28. The number of guanidine groups is 1. The molecule has 1 fully saturated rings. The molecule has 0 saturated heterocycles. The quantitative estimate of drug-likeness (QED) is 0.438. The zero-order valence-electron chi connectivity index (χ0n) is 13.5. The maximum absolute atomic E-state index is 12.4. The Morgan fingerprint density at radius 3 is 2.74 bits per heavy atom. The average molecular weight is 428 g/mol. The molecule has 1 amide bonds. The summed E-state index contributed by atoms with van der Waals surface area (Å²) in [5, 5.41) is 6.53. The van der Waals surface area contributed by atoms with Gasteiger partial charge in [-0.25, -0.2) is 4.99 Å². The van der Waals surface area contributed by atoms with E-state index in [1.165, 1.54) is 24.0 Å². The smallest absolute Gasteiger partial charge is 0.244 e. The molecule has 5 nitrogen and oxygen atoms in total. The second-order valence-corrected chi connectivity index (χ2v) is 5.95. The zero-order valence-corrected chi connectivity index (χ0v) is 15.9. The average Bonchev–Trinajstić information content (AvgIpc) is 3.36. The van der Waals surface area contributed by atoms with Crippen molar-refractivity contribution in [2.75, 3.05) is 19.6 Å². The first-order valence-corrected chi connectivity index (χ1v) is 8.15. The molecule has 1 aromatic carbocycles. The van der Waals surface area contributed by atoms with Gasteiger partial charge < -0.3 is 15.5 Å². The van der Waals surface area contributed by atoms with Crippen LogP contribution in [0.5, 0.6) is 0 Å². The molecule has 1 aromatic rings. The monoisotopic (exact) mass is 428 g/mol. The van der Waals surface area contributed by atoms with E-state index in [9.17, 15) is 4.79 Å². The van der Waals surface area contributed by atoms with Crippen LogP contribution in [0.15, 0.2) is 29.3 Å². The van der Waals surface area contributed by atoms with Crippen LogP contribution >= 0.6 is 24.0 Å². The number of carbonyl (C=O) groups is 1. The van der Waals surface area contributed by atoms with Gasteiger partial charge in [0.05, 0.1) is 0 Å². The number of aliphatic imine (C=N–C) groups is 1. The fourth-order valence-corrected chi connectivity index (χ4v) is 2.70. The third kappa shape index (κ3) is 5.09. The van der Waals surface area contributed by atoms with E-state index in [2.05, 4.69) is 33.8 Å². The van der Waals surface area contributed by atoms with Gasteiger partial charge in [-0.2, -0.15) is 0 Å². The number of nitrogens with one attached hydrogen (secondary N) is 2. The van der Waals surface area contributed by atoms with Gasteiger partial charge in [0.25, 0.3) is 0 Å². The fraction of sp³-hybridized carbons (Fsp3) is 0.529. The first kappa shape index (κ1) is 18.0. The molecule has 0 unspecified atom stereocenters. The highest BCUT2D eigenvalue weighted by Gasteiger charge is 2.23. The van der Waals surface area contributed by atoms with E-state index in [-0.39, 0.29) is 36.4 Å². The molecule has 1 heterocycles.